The SMILES string of the molecule is CCCCCCNC(=O)Oc1cccc(NC(=O)CC(C)=O)c1. The Labute approximate surface area is 136 Å². The first-order valence-electron chi connectivity index (χ1n) is 7.86. The molecule has 0 aliphatic heterocycles. The van der Waals surface area contributed by atoms with E-state index in [0.717, 1.165) is 25.7 Å². The van der Waals surface area contributed by atoms with Crippen LogP contribution in [0.4, 0.5) is 10.5 Å². The van der Waals surface area contributed by atoms with Crippen LogP contribution in [-0.4, -0.2) is 24.3 Å². The summed E-state index contributed by atoms with van der Waals surface area (Å²) in [5, 5.41) is 5.26. The minimum atomic E-state index is -0.520. The van der Waals surface area contributed by atoms with Crippen LogP contribution < -0.4 is 15.4 Å². The first kappa shape index (κ1) is 18.7. The van der Waals surface area contributed by atoms with E-state index in [1.54, 1.807) is 18.2 Å². The Morgan fingerprint density at radius 2 is 1.91 bits per heavy atom. The van der Waals surface area contributed by atoms with Gasteiger partial charge in [0.25, 0.3) is 0 Å². The van der Waals surface area contributed by atoms with Gasteiger partial charge in [0.2, 0.25) is 5.91 Å². The van der Waals surface area contributed by atoms with Crippen molar-refractivity contribution in [3.8, 4) is 5.75 Å². The van der Waals surface area contributed by atoms with Crippen LogP contribution in [0.3, 0.4) is 0 Å². The summed E-state index contributed by atoms with van der Waals surface area (Å²) in [7, 11) is 0. The number of rotatable bonds is 9. The van der Waals surface area contributed by atoms with Crippen LogP contribution >= 0.6 is 0 Å². The van der Waals surface area contributed by atoms with Gasteiger partial charge in [-0.05, 0) is 25.5 Å². The lowest BCUT2D eigenvalue weighted by molar-refractivity contribution is -0.124. The Morgan fingerprint density at radius 3 is 2.61 bits per heavy atom. The minimum Gasteiger partial charge on any atom is -0.410 e. The molecule has 0 bridgehead atoms. The summed E-state index contributed by atoms with van der Waals surface area (Å²) in [6.07, 6.45) is 3.60. The topological polar surface area (TPSA) is 84.5 Å². The van der Waals surface area contributed by atoms with Crippen LogP contribution in [0.2, 0.25) is 0 Å². The van der Waals surface area contributed by atoms with Crippen LogP contribution in [0.5, 0.6) is 5.75 Å². The molecule has 0 heterocycles. The molecule has 0 fully saturated rings. The first-order chi connectivity index (χ1) is 11.0. The van der Waals surface area contributed by atoms with Crippen LogP contribution in [0.15, 0.2) is 24.3 Å². The molecule has 2 N–H and O–H groups in total. The van der Waals surface area contributed by atoms with E-state index in [1.165, 1.54) is 13.0 Å². The zero-order valence-electron chi connectivity index (χ0n) is 13.7. The third-order valence-corrected chi connectivity index (χ3v) is 3.04. The normalized spacial score (nSPS) is 10.0. The number of benzene rings is 1. The fourth-order valence-corrected chi connectivity index (χ4v) is 1.95. The van der Waals surface area contributed by atoms with E-state index in [2.05, 4.69) is 17.6 Å². The van der Waals surface area contributed by atoms with E-state index >= 15 is 0 Å². The van der Waals surface area contributed by atoms with Crippen LogP contribution in [-0.2, 0) is 9.59 Å². The third kappa shape index (κ3) is 8.60. The van der Waals surface area contributed by atoms with Crippen molar-refractivity contribution in [2.45, 2.75) is 46.0 Å². The van der Waals surface area contributed by atoms with Crippen molar-refractivity contribution in [2.75, 3.05) is 11.9 Å². The molecule has 1 rings (SSSR count). The molecular formula is C17H24N2O4. The van der Waals surface area contributed by atoms with Crippen molar-refractivity contribution >= 4 is 23.5 Å². The molecule has 23 heavy (non-hydrogen) atoms. The van der Waals surface area contributed by atoms with Gasteiger partial charge >= 0.3 is 6.09 Å². The molecular weight excluding hydrogens is 296 g/mol. The summed E-state index contributed by atoms with van der Waals surface area (Å²) >= 11 is 0. The predicted molar refractivity (Wildman–Crippen MR) is 88.5 cm³/mol. The molecule has 0 aliphatic carbocycles. The Bertz CT molecular complexity index is 543. The lowest BCUT2D eigenvalue weighted by Gasteiger charge is -2.08. The summed E-state index contributed by atoms with van der Waals surface area (Å²) in [6, 6.07) is 6.48. The van der Waals surface area contributed by atoms with E-state index in [-0.39, 0.29) is 12.2 Å². The molecule has 126 valence electrons. The second-order valence-electron chi connectivity index (χ2n) is 5.33. The van der Waals surface area contributed by atoms with Crippen molar-refractivity contribution in [2.24, 2.45) is 0 Å². The second kappa shape index (κ2) is 10.4. The fourth-order valence-electron chi connectivity index (χ4n) is 1.95. The van der Waals surface area contributed by atoms with Crippen molar-refractivity contribution in [1.29, 1.82) is 0 Å². The highest BCUT2D eigenvalue weighted by atomic mass is 16.6. The fraction of sp³-hybridized carbons (Fsp3) is 0.471. The summed E-state index contributed by atoms with van der Waals surface area (Å²) in [5.74, 6) is -0.274. The quantitative estimate of drug-likeness (QED) is 0.540. The lowest BCUT2D eigenvalue weighted by Crippen LogP contribution is -2.27. The maximum Gasteiger partial charge on any atom is 0.412 e. The number of hydrogen-bond acceptors (Lipinski definition) is 4. The smallest absolute Gasteiger partial charge is 0.410 e. The number of anilines is 1. The van der Waals surface area contributed by atoms with Crippen molar-refractivity contribution in [3.05, 3.63) is 24.3 Å². The van der Waals surface area contributed by atoms with Crippen molar-refractivity contribution in [1.82, 2.24) is 5.32 Å². The molecule has 6 nitrogen and oxygen atoms in total. The second-order valence-corrected chi connectivity index (χ2v) is 5.33. The van der Waals surface area contributed by atoms with Crippen LogP contribution in [0.1, 0.15) is 46.0 Å². The van der Waals surface area contributed by atoms with Gasteiger partial charge < -0.3 is 15.4 Å². The number of carbonyl (C=O) groups excluding carboxylic acids is 3. The Hall–Kier alpha value is -2.37. The monoisotopic (exact) mass is 320 g/mol. The van der Waals surface area contributed by atoms with E-state index in [0.29, 0.717) is 18.0 Å². The van der Waals surface area contributed by atoms with Gasteiger partial charge in [-0.25, -0.2) is 4.79 Å². The van der Waals surface area contributed by atoms with Gasteiger partial charge in [-0.1, -0.05) is 32.3 Å². The molecule has 0 spiro atoms. The lowest BCUT2D eigenvalue weighted by atomic mass is 10.2. The van der Waals surface area contributed by atoms with Crippen molar-refractivity contribution in [3.63, 3.8) is 0 Å². The van der Waals surface area contributed by atoms with Crippen molar-refractivity contribution < 1.29 is 19.1 Å². The number of hydrogen-bond donors (Lipinski definition) is 2. The number of nitrogens with one attached hydrogen (secondary N) is 2. The Kier molecular flexibility index (Phi) is 8.42. The summed E-state index contributed by atoms with van der Waals surface area (Å²) in [6.45, 7) is 4.06. The zero-order chi connectivity index (χ0) is 17.1. The van der Waals surface area contributed by atoms with E-state index in [4.69, 9.17) is 4.74 Å². The van der Waals surface area contributed by atoms with Gasteiger partial charge in [0.15, 0.2) is 0 Å². The predicted octanol–water partition coefficient (Wildman–Crippen LogP) is 3.27. The molecule has 2 amide bonds. The van der Waals surface area contributed by atoms with Crippen LogP contribution in [0, 0.1) is 0 Å². The van der Waals surface area contributed by atoms with E-state index < -0.39 is 12.0 Å². The highest BCUT2D eigenvalue weighted by Gasteiger charge is 2.08. The molecule has 0 atom stereocenters. The molecule has 0 unspecified atom stereocenters. The molecule has 1 aromatic rings. The number of ketones is 1. The average molecular weight is 320 g/mol. The zero-order valence-corrected chi connectivity index (χ0v) is 13.7. The number of Topliss-reactive ketones (excluding diaryl/α,β-unsaturated/α-hetero) is 1. The summed E-state index contributed by atoms with van der Waals surface area (Å²) in [5.41, 5.74) is 0.476. The van der Waals surface area contributed by atoms with Gasteiger partial charge in [0.1, 0.15) is 11.5 Å². The summed E-state index contributed by atoms with van der Waals surface area (Å²) in [4.78, 5) is 34.1. The number of unbranched alkanes of at least 4 members (excludes halogenated alkanes) is 3. The minimum absolute atomic E-state index is 0.177. The Balaban J connectivity index is 2.42. The van der Waals surface area contributed by atoms with Gasteiger partial charge in [0, 0.05) is 18.3 Å². The largest absolute Gasteiger partial charge is 0.412 e. The highest BCUT2D eigenvalue weighted by Crippen LogP contribution is 2.17. The van der Waals surface area contributed by atoms with Gasteiger partial charge in [-0.3, -0.25) is 9.59 Å². The molecule has 0 aromatic heterocycles. The maximum atomic E-state index is 11.7. The molecule has 6 heteroatoms. The molecule has 0 saturated heterocycles. The standard InChI is InChI=1S/C17H24N2O4/c1-3-4-5-6-10-18-17(22)23-15-9-7-8-14(12-15)19-16(21)11-13(2)20/h7-9,12H,3-6,10-11H2,1-2H3,(H,18,22)(H,19,21). The third-order valence-electron chi connectivity index (χ3n) is 3.04. The maximum absolute atomic E-state index is 11.7. The molecule has 0 saturated carbocycles. The first-order valence-corrected chi connectivity index (χ1v) is 7.86. The molecule has 0 aliphatic rings. The average Bonchev–Trinajstić information content (AvgIpc) is 2.46. The molecule has 1 aromatic carbocycles. The van der Waals surface area contributed by atoms with E-state index in [9.17, 15) is 14.4 Å². The van der Waals surface area contributed by atoms with Gasteiger partial charge in [-0.15, -0.1) is 0 Å². The number of carbonyl (C=O) groups is 3. The van der Waals surface area contributed by atoms with E-state index in [1.807, 2.05) is 0 Å². The number of amides is 2. The van der Waals surface area contributed by atoms with Gasteiger partial charge in [0.05, 0.1) is 6.42 Å². The molecule has 0 radical (unpaired) electrons. The van der Waals surface area contributed by atoms with Crippen LogP contribution in [0.25, 0.3) is 0 Å². The Morgan fingerprint density at radius 1 is 1.13 bits per heavy atom. The highest BCUT2D eigenvalue weighted by molar-refractivity contribution is 6.03. The number of ether oxygens (including phenoxy) is 1. The summed E-state index contributed by atoms with van der Waals surface area (Å²) < 4.78 is 5.16. The van der Waals surface area contributed by atoms with Gasteiger partial charge in [-0.2, -0.15) is 0 Å².